The summed E-state index contributed by atoms with van der Waals surface area (Å²) < 4.78 is 5.73. The highest BCUT2D eigenvalue weighted by Gasteiger charge is 2.39. The van der Waals surface area contributed by atoms with Gasteiger partial charge in [-0.15, -0.1) is 0 Å². The van der Waals surface area contributed by atoms with Crippen LogP contribution in [0.5, 0.6) is 0 Å². The first-order valence-corrected chi connectivity index (χ1v) is 6.98. The summed E-state index contributed by atoms with van der Waals surface area (Å²) >= 11 is 0. The minimum Gasteiger partial charge on any atom is -0.363 e. The fourth-order valence-electron chi connectivity index (χ4n) is 2.55. The van der Waals surface area contributed by atoms with Crippen molar-refractivity contribution in [2.24, 2.45) is 0 Å². The van der Waals surface area contributed by atoms with E-state index in [-0.39, 0.29) is 5.91 Å². The van der Waals surface area contributed by atoms with Crippen molar-refractivity contribution in [3.05, 3.63) is 30.1 Å². The maximum atomic E-state index is 12.5. The van der Waals surface area contributed by atoms with Gasteiger partial charge in [0.1, 0.15) is 0 Å². The monoisotopic (exact) mass is 277 g/mol. The van der Waals surface area contributed by atoms with Gasteiger partial charge >= 0.3 is 0 Å². The molecule has 0 aliphatic carbocycles. The zero-order chi connectivity index (χ0) is 14.6. The van der Waals surface area contributed by atoms with E-state index in [9.17, 15) is 4.79 Å². The molecule has 0 bridgehead atoms. The highest BCUT2D eigenvalue weighted by Crippen LogP contribution is 2.19. The van der Waals surface area contributed by atoms with Crippen molar-refractivity contribution in [1.29, 1.82) is 0 Å². The SMILES string of the molecule is CN1CCO[C@@](C)(C(=O)N(C)CCc2ccncc2)C1. The molecule has 2 rings (SSSR count). The van der Waals surface area contributed by atoms with Gasteiger partial charge in [0.15, 0.2) is 5.60 Å². The molecule has 0 unspecified atom stereocenters. The lowest BCUT2D eigenvalue weighted by atomic mass is 10.0. The molecule has 0 saturated carbocycles. The van der Waals surface area contributed by atoms with E-state index in [4.69, 9.17) is 4.74 Å². The topological polar surface area (TPSA) is 45.7 Å². The molecular weight excluding hydrogens is 254 g/mol. The number of aromatic nitrogens is 1. The number of pyridine rings is 1. The highest BCUT2D eigenvalue weighted by molar-refractivity contribution is 5.85. The Morgan fingerprint density at radius 2 is 2.20 bits per heavy atom. The van der Waals surface area contributed by atoms with E-state index < -0.39 is 5.60 Å². The molecule has 1 amide bonds. The molecule has 20 heavy (non-hydrogen) atoms. The van der Waals surface area contributed by atoms with Crippen LogP contribution in [0.4, 0.5) is 0 Å². The van der Waals surface area contributed by atoms with E-state index in [1.165, 1.54) is 5.56 Å². The molecule has 0 N–H and O–H groups in total. The van der Waals surface area contributed by atoms with Crippen molar-refractivity contribution in [2.75, 3.05) is 40.3 Å². The molecule has 110 valence electrons. The molecule has 5 nitrogen and oxygen atoms in total. The van der Waals surface area contributed by atoms with Gasteiger partial charge in [0.25, 0.3) is 5.91 Å². The first kappa shape index (κ1) is 14.9. The van der Waals surface area contributed by atoms with Crippen molar-refractivity contribution in [3.8, 4) is 0 Å². The normalized spacial score (nSPS) is 23.6. The Balaban J connectivity index is 1.91. The van der Waals surface area contributed by atoms with E-state index in [0.717, 1.165) is 13.0 Å². The second-order valence-corrected chi connectivity index (χ2v) is 5.65. The van der Waals surface area contributed by atoms with Crippen LogP contribution < -0.4 is 0 Å². The molecule has 2 heterocycles. The Bertz CT molecular complexity index is 452. The summed E-state index contributed by atoms with van der Waals surface area (Å²) in [4.78, 5) is 20.4. The summed E-state index contributed by atoms with van der Waals surface area (Å²) in [7, 11) is 3.86. The van der Waals surface area contributed by atoms with Crippen molar-refractivity contribution in [3.63, 3.8) is 0 Å². The number of carbonyl (C=O) groups excluding carboxylic acids is 1. The Morgan fingerprint density at radius 1 is 1.50 bits per heavy atom. The Morgan fingerprint density at radius 3 is 2.85 bits per heavy atom. The molecule has 5 heteroatoms. The van der Waals surface area contributed by atoms with Crippen molar-refractivity contribution >= 4 is 5.91 Å². The number of ether oxygens (including phenoxy) is 1. The molecule has 1 fully saturated rings. The molecule has 1 aromatic rings. The van der Waals surface area contributed by atoms with Gasteiger partial charge in [-0.2, -0.15) is 0 Å². The third-order valence-electron chi connectivity index (χ3n) is 3.75. The van der Waals surface area contributed by atoms with E-state index in [1.54, 1.807) is 17.3 Å². The van der Waals surface area contributed by atoms with Crippen LogP contribution >= 0.6 is 0 Å². The van der Waals surface area contributed by atoms with Crippen LogP contribution in [0.2, 0.25) is 0 Å². The number of morpholine rings is 1. The molecular formula is C15H23N3O2. The fourth-order valence-corrected chi connectivity index (χ4v) is 2.55. The summed E-state index contributed by atoms with van der Waals surface area (Å²) in [5.41, 5.74) is 0.464. The smallest absolute Gasteiger partial charge is 0.255 e. The molecule has 1 aromatic heterocycles. The van der Waals surface area contributed by atoms with Crippen molar-refractivity contribution in [2.45, 2.75) is 18.9 Å². The van der Waals surface area contributed by atoms with Gasteiger partial charge in [-0.25, -0.2) is 0 Å². The third kappa shape index (κ3) is 3.55. The maximum Gasteiger partial charge on any atom is 0.255 e. The minimum atomic E-state index is -0.722. The highest BCUT2D eigenvalue weighted by atomic mass is 16.5. The summed E-state index contributed by atoms with van der Waals surface area (Å²) in [5, 5.41) is 0. The lowest BCUT2D eigenvalue weighted by Gasteiger charge is -2.39. The number of likely N-dealkylation sites (N-methyl/N-ethyl adjacent to an activating group) is 2. The lowest BCUT2D eigenvalue weighted by molar-refractivity contribution is -0.164. The van der Waals surface area contributed by atoms with Gasteiger partial charge in [0.05, 0.1) is 6.61 Å². The van der Waals surface area contributed by atoms with Gasteiger partial charge in [-0.05, 0) is 38.1 Å². The minimum absolute atomic E-state index is 0.0538. The first-order valence-electron chi connectivity index (χ1n) is 6.98. The van der Waals surface area contributed by atoms with Crippen molar-refractivity contribution in [1.82, 2.24) is 14.8 Å². The van der Waals surface area contributed by atoms with Gasteiger partial charge < -0.3 is 14.5 Å². The third-order valence-corrected chi connectivity index (χ3v) is 3.75. The summed E-state index contributed by atoms with van der Waals surface area (Å²) in [6.07, 6.45) is 4.38. The molecule has 0 radical (unpaired) electrons. The van der Waals surface area contributed by atoms with Crippen LogP contribution in [0.15, 0.2) is 24.5 Å². The number of amides is 1. The predicted molar refractivity (Wildman–Crippen MR) is 77.4 cm³/mol. The second kappa shape index (κ2) is 6.33. The van der Waals surface area contributed by atoms with Gasteiger partial charge in [0, 0.05) is 39.1 Å². The van der Waals surface area contributed by atoms with Gasteiger partial charge in [0.2, 0.25) is 0 Å². The number of hydrogen-bond donors (Lipinski definition) is 0. The molecule has 1 atom stereocenters. The molecule has 1 aliphatic rings. The molecule has 1 saturated heterocycles. The first-order chi connectivity index (χ1) is 9.51. The zero-order valence-electron chi connectivity index (χ0n) is 12.5. The quantitative estimate of drug-likeness (QED) is 0.817. The number of carbonyl (C=O) groups is 1. The van der Waals surface area contributed by atoms with Crippen LogP contribution in [-0.2, 0) is 16.0 Å². The lowest BCUT2D eigenvalue weighted by Crippen LogP contribution is -2.57. The van der Waals surface area contributed by atoms with Crippen molar-refractivity contribution < 1.29 is 9.53 Å². The average Bonchev–Trinajstić information content (AvgIpc) is 2.45. The van der Waals surface area contributed by atoms with E-state index >= 15 is 0 Å². The summed E-state index contributed by atoms with van der Waals surface area (Å²) in [6.45, 7) is 4.70. The van der Waals surface area contributed by atoms with Crippen LogP contribution in [0.25, 0.3) is 0 Å². The maximum absolute atomic E-state index is 12.5. The number of rotatable bonds is 4. The van der Waals surface area contributed by atoms with E-state index in [0.29, 0.717) is 19.7 Å². The zero-order valence-corrected chi connectivity index (χ0v) is 12.5. The predicted octanol–water partition coefficient (Wildman–Crippen LogP) is 0.803. The standard InChI is InChI=1S/C15H23N3O2/c1-15(12-17(2)10-11-20-15)14(19)18(3)9-6-13-4-7-16-8-5-13/h4-5,7-8H,6,9-12H2,1-3H3/t15-/m1/s1. The Labute approximate surface area is 120 Å². The van der Waals surface area contributed by atoms with E-state index in [1.807, 2.05) is 33.2 Å². The molecule has 1 aliphatic heterocycles. The fraction of sp³-hybridized carbons (Fsp3) is 0.600. The van der Waals surface area contributed by atoms with Gasteiger partial charge in [-0.3, -0.25) is 9.78 Å². The summed E-state index contributed by atoms with van der Waals surface area (Å²) in [6, 6.07) is 3.95. The molecule has 0 aromatic carbocycles. The van der Waals surface area contributed by atoms with E-state index in [2.05, 4.69) is 9.88 Å². The Kier molecular flexibility index (Phi) is 4.73. The molecule has 0 spiro atoms. The Hall–Kier alpha value is -1.46. The van der Waals surface area contributed by atoms with Gasteiger partial charge in [-0.1, -0.05) is 0 Å². The van der Waals surface area contributed by atoms with Crippen LogP contribution in [0.3, 0.4) is 0 Å². The van der Waals surface area contributed by atoms with Crippen LogP contribution in [0.1, 0.15) is 12.5 Å². The number of hydrogen-bond acceptors (Lipinski definition) is 4. The average molecular weight is 277 g/mol. The van der Waals surface area contributed by atoms with Crippen LogP contribution in [-0.4, -0.2) is 66.6 Å². The second-order valence-electron chi connectivity index (χ2n) is 5.65. The number of nitrogens with zero attached hydrogens (tertiary/aromatic N) is 3. The largest absolute Gasteiger partial charge is 0.363 e. The summed E-state index contributed by atoms with van der Waals surface area (Å²) in [5.74, 6) is 0.0538. The van der Waals surface area contributed by atoms with Crippen LogP contribution in [0, 0.1) is 0 Å².